The highest BCUT2D eigenvalue weighted by atomic mass is 32.2. The first-order valence-corrected chi connectivity index (χ1v) is 8.63. The zero-order valence-electron chi connectivity index (χ0n) is 12.8. The lowest BCUT2D eigenvalue weighted by Gasteiger charge is -2.06. The highest BCUT2D eigenvalue weighted by Gasteiger charge is 2.12. The van der Waals surface area contributed by atoms with Crippen LogP contribution in [0.3, 0.4) is 0 Å². The van der Waals surface area contributed by atoms with Crippen molar-refractivity contribution < 1.29 is 0 Å². The fraction of sp³-hybridized carbons (Fsp3) is 0.0667. The summed E-state index contributed by atoms with van der Waals surface area (Å²) in [7, 11) is 0. The van der Waals surface area contributed by atoms with Gasteiger partial charge < -0.3 is 17.2 Å². The maximum atomic E-state index is 5.74. The van der Waals surface area contributed by atoms with E-state index in [0.29, 0.717) is 5.69 Å². The molecule has 0 saturated carbocycles. The number of benzene rings is 1. The van der Waals surface area contributed by atoms with Crippen LogP contribution in [-0.2, 0) is 0 Å². The first-order valence-electron chi connectivity index (χ1n) is 6.94. The van der Waals surface area contributed by atoms with E-state index in [4.69, 9.17) is 17.2 Å². The number of fused-ring (bicyclic) bond motifs is 1. The minimum Gasteiger partial charge on any atom is -0.370 e. The van der Waals surface area contributed by atoms with Crippen LogP contribution < -0.4 is 17.2 Å². The number of thiophene rings is 1. The topological polar surface area (TPSA) is 129 Å². The predicted molar refractivity (Wildman–Crippen MR) is 99.8 cm³/mol. The largest absolute Gasteiger partial charge is 0.370 e. The molecule has 9 heteroatoms. The van der Waals surface area contributed by atoms with E-state index in [1.54, 1.807) is 17.7 Å². The van der Waals surface area contributed by atoms with Crippen LogP contribution in [-0.4, -0.2) is 21.9 Å². The summed E-state index contributed by atoms with van der Waals surface area (Å²) in [5, 5.41) is 4.01. The Morgan fingerprint density at radius 2 is 1.96 bits per heavy atom. The van der Waals surface area contributed by atoms with Gasteiger partial charge in [0.05, 0.1) is 5.69 Å². The summed E-state index contributed by atoms with van der Waals surface area (Å²) in [5.74, 6) is -0.129. The summed E-state index contributed by atoms with van der Waals surface area (Å²) in [6.45, 7) is 2.05. The van der Waals surface area contributed by atoms with Gasteiger partial charge in [-0.3, -0.25) is 0 Å². The van der Waals surface area contributed by atoms with E-state index in [1.165, 1.54) is 11.8 Å². The smallest absolute Gasteiger partial charge is 0.223 e. The van der Waals surface area contributed by atoms with Crippen LogP contribution in [0.5, 0.6) is 0 Å². The first kappa shape index (κ1) is 16.2. The summed E-state index contributed by atoms with van der Waals surface area (Å²) >= 11 is 3.11. The van der Waals surface area contributed by atoms with E-state index >= 15 is 0 Å². The zero-order chi connectivity index (χ0) is 17.1. The van der Waals surface area contributed by atoms with Crippen molar-refractivity contribution in [3.05, 3.63) is 41.5 Å². The molecule has 0 fully saturated rings. The monoisotopic (exact) mass is 357 g/mol. The zero-order valence-corrected chi connectivity index (χ0v) is 14.4. The molecule has 1 aromatic carbocycles. The Labute approximate surface area is 146 Å². The lowest BCUT2D eigenvalue weighted by Crippen LogP contribution is -2.26. The molecule has 24 heavy (non-hydrogen) atoms. The van der Waals surface area contributed by atoms with E-state index in [2.05, 4.69) is 25.3 Å². The number of nitrogens with zero attached hydrogens (tertiary/aromatic N) is 4. The average molecular weight is 357 g/mol. The van der Waals surface area contributed by atoms with Crippen LogP contribution >= 0.6 is 23.1 Å². The molecule has 0 atom stereocenters. The van der Waals surface area contributed by atoms with Gasteiger partial charge >= 0.3 is 0 Å². The summed E-state index contributed by atoms with van der Waals surface area (Å²) in [5.41, 5.74) is 18.2. The Morgan fingerprint density at radius 3 is 2.75 bits per heavy atom. The second kappa shape index (κ2) is 6.85. The van der Waals surface area contributed by atoms with Crippen molar-refractivity contribution in [3.8, 4) is 0 Å². The number of hydrogen-bond acceptors (Lipinski definition) is 5. The Kier molecular flexibility index (Phi) is 4.63. The number of hydrogen-bond donors (Lipinski definition) is 3. The SMILES string of the molecule is Cc1csc2ncnc(Sc3ccccc3N=C(N)N=C(N)N)c12. The molecule has 0 radical (unpaired) electrons. The number of aryl methyl sites for hydroxylation is 1. The molecule has 0 bridgehead atoms. The molecule has 3 rings (SSSR count). The van der Waals surface area contributed by atoms with Crippen LogP contribution in [0, 0.1) is 6.92 Å². The molecule has 2 aromatic heterocycles. The van der Waals surface area contributed by atoms with Crippen LogP contribution in [0.15, 0.2) is 55.9 Å². The van der Waals surface area contributed by atoms with Crippen LogP contribution in [0.25, 0.3) is 10.2 Å². The molecule has 2 heterocycles. The van der Waals surface area contributed by atoms with Gasteiger partial charge in [0.25, 0.3) is 0 Å². The highest BCUT2D eigenvalue weighted by Crippen LogP contribution is 2.39. The lowest BCUT2D eigenvalue weighted by molar-refractivity contribution is 1.10. The Balaban J connectivity index is 2.02. The van der Waals surface area contributed by atoms with Crippen LogP contribution in [0.4, 0.5) is 5.69 Å². The molecule has 0 saturated heterocycles. The molecule has 7 nitrogen and oxygen atoms in total. The predicted octanol–water partition coefficient (Wildman–Crippen LogP) is 2.37. The van der Waals surface area contributed by atoms with Gasteiger partial charge in [-0.2, -0.15) is 4.99 Å². The molecular weight excluding hydrogens is 342 g/mol. The van der Waals surface area contributed by atoms with Crippen molar-refractivity contribution in [2.75, 3.05) is 0 Å². The summed E-state index contributed by atoms with van der Waals surface area (Å²) in [6.07, 6.45) is 1.57. The normalized spacial score (nSPS) is 11.6. The van der Waals surface area contributed by atoms with Gasteiger partial charge in [-0.25, -0.2) is 15.0 Å². The van der Waals surface area contributed by atoms with Gasteiger partial charge in [-0.15, -0.1) is 11.3 Å². The van der Waals surface area contributed by atoms with Crippen molar-refractivity contribution >= 4 is 50.9 Å². The average Bonchev–Trinajstić information content (AvgIpc) is 2.91. The fourth-order valence-corrected chi connectivity index (χ4v) is 4.07. The van der Waals surface area contributed by atoms with E-state index in [0.717, 1.165) is 25.7 Å². The highest BCUT2D eigenvalue weighted by molar-refractivity contribution is 7.99. The molecule has 0 amide bonds. The van der Waals surface area contributed by atoms with Gasteiger partial charge in [0, 0.05) is 10.3 Å². The summed E-state index contributed by atoms with van der Waals surface area (Å²) < 4.78 is 0. The van der Waals surface area contributed by atoms with E-state index in [1.807, 2.05) is 31.2 Å². The molecule has 0 unspecified atom stereocenters. The second-order valence-corrected chi connectivity index (χ2v) is 6.74. The molecule has 122 valence electrons. The molecule has 6 N–H and O–H groups in total. The molecule has 3 aromatic rings. The number of para-hydroxylation sites is 1. The third-order valence-corrected chi connectivity index (χ3v) is 5.14. The third kappa shape index (κ3) is 3.47. The molecule has 0 spiro atoms. The number of aliphatic imine (C=N–C) groups is 2. The second-order valence-electron chi connectivity index (χ2n) is 4.85. The minimum atomic E-state index is -0.132. The molecule has 0 aliphatic heterocycles. The lowest BCUT2D eigenvalue weighted by atomic mass is 10.3. The number of rotatable bonds is 3. The van der Waals surface area contributed by atoms with Crippen molar-refractivity contribution in [1.82, 2.24) is 9.97 Å². The van der Waals surface area contributed by atoms with Crippen molar-refractivity contribution in [1.29, 1.82) is 0 Å². The Hall–Kier alpha value is -2.65. The Bertz CT molecular complexity index is 942. The van der Waals surface area contributed by atoms with Crippen LogP contribution in [0.1, 0.15) is 5.56 Å². The van der Waals surface area contributed by atoms with Crippen LogP contribution in [0.2, 0.25) is 0 Å². The van der Waals surface area contributed by atoms with E-state index in [-0.39, 0.29) is 11.9 Å². The molecular formula is C15H15N7S2. The van der Waals surface area contributed by atoms with Gasteiger partial charge in [-0.1, -0.05) is 23.9 Å². The number of aromatic nitrogens is 2. The molecule has 0 aliphatic carbocycles. The van der Waals surface area contributed by atoms with Crippen molar-refractivity contribution in [3.63, 3.8) is 0 Å². The third-order valence-electron chi connectivity index (χ3n) is 3.07. The quantitative estimate of drug-likeness (QED) is 0.375. The summed E-state index contributed by atoms with van der Waals surface area (Å²) in [6, 6.07) is 7.59. The first-order chi connectivity index (χ1) is 11.5. The fourth-order valence-electron chi connectivity index (χ4n) is 2.08. The van der Waals surface area contributed by atoms with Crippen molar-refractivity contribution in [2.45, 2.75) is 16.8 Å². The number of nitrogens with two attached hydrogens (primary N) is 3. The van der Waals surface area contributed by atoms with Crippen molar-refractivity contribution in [2.24, 2.45) is 27.2 Å². The summed E-state index contributed by atoms with van der Waals surface area (Å²) in [4.78, 5) is 18.6. The maximum Gasteiger partial charge on any atom is 0.223 e. The van der Waals surface area contributed by atoms with Gasteiger partial charge in [-0.05, 0) is 30.0 Å². The Morgan fingerprint density at radius 1 is 1.17 bits per heavy atom. The van der Waals surface area contributed by atoms with Gasteiger partial charge in [0.2, 0.25) is 5.96 Å². The number of guanidine groups is 2. The van der Waals surface area contributed by atoms with E-state index in [9.17, 15) is 0 Å². The van der Waals surface area contributed by atoms with Gasteiger partial charge in [0.15, 0.2) is 5.96 Å². The minimum absolute atomic E-state index is 0.00241. The standard InChI is InChI=1S/C15H15N7S2/c1-8-6-23-12-11(8)13(20-7-19-12)24-10-5-3-2-4-9(10)21-15(18)22-14(16)17/h2-7H,1H3,(H6,16,17,18,21,22). The van der Waals surface area contributed by atoms with Gasteiger partial charge in [0.1, 0.15) is 16.2 Å². The molecule has 0 aliphatic rings. The maximum absolute atomic E-state index is 5.74. The van der Waals surface area contributed by atoms with E-state index < -0.39 is 0 Å².